The van der Waals surface area contributed by atoms with E-state index in [0.717, 1.165) is 26.9 Å². The predicted molar refractivity (Wildman–Crippen MR) is 125 cm³/mol. The summed E-state index contributed by atoms with van der Waals surface area (Å²) in [5.41, 5.74) is 3.51. The smallest absolute Gasteiger partial charge is 0.253 e. The molecule has 1 amide bonds. The first-order valence-corrected chi connectivity index (χ1v) is 10.8. The Morgan fingerprint density at radius 1 is 1.17 bits per heavy atom. The molecule has 0 N–H and O–H groups in total. The van der Waals surface area contributed by atoms with E-state index >= 15 is 0 Å². The summed E-state index contributed by atoms with van der Waals surface area (Å²) in [4.78, 5) is 23.7. The molecule has 2 heterocycles. The van der Waals surface area contributed by atoms with E-state index < -0.39 is 0 Å². The molecular formula is C23H17Cl2N3OS. The van der Waals surface area contributed by atoms with Crippen molar-refractivity contribution in [2.75, 3.05) is 4.90 Å². The van der Waals surface area contributed by atoms with Crippen molar-refractivity contribution < 1.29 is 4.79 Å². The van der Waals surface area contributed by atoms with Gasteiger partial charge in [-0.2, -0.15) is 0 Å². The van der Waals surface area contributed by atoms with Crippen molar-refractivity contribution in [2.45, 2.75) is 13.5 Å². The van der Waals surface area contributed by atoms with Gasteiger partial charge in [-0.3, -0.25) is 14.7 Å². The molecule has 4 rings (SSSR count). The van der Waals surface area contributed by atoms with Gasteiger partial charge in [-0.25, -0.2) is 4.98 Å². The first-order valence-electron chi connectivity index (χ1n) is 9.21. The number of aryl methyl sites for hydroxylation is 1. The number of rotatable bonds is 5. The fraction of sp³-hybridized carbons (Fsp3) is 0.0870. The number of amides is 1. The second-order valence-corrected chi connectivity index (χ2v) is 8.56. The highest BCUT2D eigenvalue weighted by Gasteiger charge is 2.19. The third kappa shape index (κ3) is 4.54. The van der Waals surface area contributed by atoms with Crippen LogP contribution in [-0.2, 0) is 11.3 Å². The molecule has 30 heavy (non-hydrogen) atoms. The number of hydrogen-bond acceptors (Lipinski definition) is 4. The number of aromatic nitrogens is 2. The van der Waals surface area contributed by atoms with Crippen LogP contribution in [0.4, 0.5) is 5.13 Å². The van der Waals surface area contributed by atoms with Crippen molar-refractivity contribution >= 4 is 61.9 Å². The van der Waals surface area contributed by atoms with E-state index in [9.17, 15) is 4.79 Å². The number of halogens is 2. The van der Waals surface area contributed by atoms with Crippen LogP contribution in [0.3, 0.4) is 0 Å². The van der Waals surface area contributed by atoms with Crippen molar-refractivity contribution in [3.8, 4) is 0 Å². The van der Waals surface area contributed by atoms with Crippen LogP contribution in [-0.4, -0.2) is 15.9 Å². The summed E-state index contributed by atoms with van der Waals surface area (Å²) in [6.45, 7) is 2.31. The van der Waals surface area contributed by atoms with Gasteiger partial charge in [0.05, 0.1) is 16.8 Å². The van der Waals surface area contributed by atoms with Gasteiger partial charge in [0.15, 0.2) is 5.13 Å². The topological polar surface area (TPSA) is 46.1 Å². The van der Waals surface area contributed by atoms with Gasteiger partial charge in [-0.1, -0.05) is 58.8 Å². The lowest BCUT2D eigenvalue weighted by molar-refractivity contribution is -0.114. The second-order valence-electron chi connectivity index (χ2n) is 6.71. The minimum Gasteiger partial charge on any atom is -0.280 e. The lowest BCUT2D eigenvalue weighted by atomic mass is 10.2. The Morgan fingerprint density at radius 3 is 2.77 bits per heavy atom. The maximum atomic E-state index is 13.2. The molecule has 150 valence electrons. The van der Waals surface area contributed by atoms with Crippen molar-refractivity contribution in [3.63, 3.8) is 0 Å². The zero-order chi connectivity index (χ0) is 21.1. The minimum atomic E-state index is -0.193. The van der Waals surface area contributed by atoms with Crippen LogP contribution in [0, 0.1) is 6.92 Å². The summed E-state index contributed by atoms with van der Waals surface area (Å²) in [7, 11) is 0. The highest BCUT2D eigenvalue weighted by atomic mass is 35.5. The Labute approximate surface area is 188 Å². The molecule has 0 unspecified atom stereocenters. The van der Waals surface area contributed by atoms with Crippen LogP contribution in [0.5, 0.6) is 0 Å². The van der Waals surface area contributed by atoms with Crippen LogP contribution in [0.1, 0.15) is 16.7 Å². The van der Waals surface area contributed by atoms with E-state index in [1.807, 2.05) is 49.4 Å². The van der Waals surface area contributed by atoms with Gasteiger partial charge in [-0.05, 0) is 54.0 Å². The number of fused-ring (bicyclic) bond motifs is 1. The molecule has 2 aromatic heterocycles. The van der Waals surface area contributed by atoms with Crippen LogP contribution < -0.4 is 4.90 Å². The van der Waals surface area contributed by atoms with Gasteiger partial charge < -0.3 is 0 Å². The Bertz CT molecular complexity index is 1240. The fourth-order valence-corrected chi connectivity index (χ4v) is 4.66. The van der Waals surface area contributed by atoms with E-state index in [4.69, 9.17) is 28.2 Å². The van der Waals surface area contributed by atoms with Gasteiger partial charge >= 0.3 is 0 Å². The average Bonchev–Trinajstić information content (AvgIpc) is 3.16. The van der Waals surface area contributed by atoms with Crippen molar-refractivity contribution in [3.05, 3.63) is 93.7 Å². The Hall–Kier alpha value is -2.73. The van der Waals surface area contributed by atoms with Crippen LogP contribution in [0.2, 0.25) is 10.0 Å². The van der Waals surface area contributed by atoms with Gasteiger partial charge in [0.2, 0.25) is 0 Å². The quantitative estimate of drug-likeness (QED) is 0.321. The molecule has 0 bridgehead atoms. The molecule has 0 aliphatic carbocycles. The number of pyridine rings is 1. The molecule has 0 aliphatic heterocycles. The fourth-order valence-electron chi connectivity index (χ4n) is 3.03. The highest BCUT2D eigenvalue weighted by Crippen LogP contribution is 2.34. The number of nitrogens with zero attached hydrogens (tertiary/aromatic N) is 3. The molecule has 0 radical (unpaired) electrons. The summed E-state index contributed by atoms with van der Waals surface area (Å²) < 4.78 is 0.939. The van der Waals surface area contributed by atoms with Gasteiger partial charge in [0.25, 0.3) is 5.91 Å². The number of carbonyl (C=O) groups excluding carboxylic acids is 1. The maximum absolute atomic E-state index is 13.2. The molecule has 0 atom stereocenters. The lowest BCUT2D eigenvalue weighted by Gasteiger charge is -2.18. The molecule has 7 heteroatoms. The lowest BCUT2D eigenvalue weighted by Crippen LogP contribution is -2.28. The van der Waals surface area contributed by atoms with E-state index in [-0.39, 0.29) is 5.91 Å². The van der Waals surface area contributed by atoms with E-state index in [1.165, 1.54) is 17.4 Å². The molecule has 0 fully saturated rings. The van der Waals surface area contributed by atoms with Crippen LogP contribution in [0.25, 0.3) is 16.3 Å². The van der Waals surface area contributed by atoms with Gasteiger partial charge in [0, 0.05) is 28.5 Å². The van der Waals surface area contributed by atoms with Gasteiger partial charge in [-0.15, -0.1) is 0 Å². The summed E-state index contributed by atoms with van der Waals surface area (Å²) in [6, 6.07) is 14.9. The molecule has 0 saturated carbocycles. The Morgan fingerprint density at radius 2 is 2.00 bits per heavy atom. The molecule has 4 aromatic rings. The third-order valence-corrected chi connectivity index (χ3v) is 6.10. The van der Waals surface area contributed by atoms with E-state index in [1.54, 1.807) is 29.4 Å². The minimum absolute atomic E-state index is 0.193. The molecule has 2 aromatic carbocycles. The molecule has 0 spiro atoms. The van der Waals surface area contributed by atoms with E-state index in [2.05, 4.69) is 4.98 Å². The standard InChI is InChI=1S/C23H17Cl2N3OS/c1-15-11-18(24)12-20-22(15)27-23(30-20)28(14-16-5-4-10-26-13-16)21(29)9-8-17-6-2-3-7-19(17)25/h2-13H,14H2,1H3/b9-8+. The first kappa shape index (κ1) is 20.5. The SMILES string of the molecule is Cc1cc(Cl)cc2sc(N(Cc3cccnc3)C(=O)/C=C/c3ccccc3Cl)nc12. The molecule has 4 nitrogen and oxygen atoms in total. The number of hydrogen-bond donors (Lipinski definition) is 0. The summed E-state index contributed by atoms with van der Waals surface area (Å²) in [5, 5.41) is 1.84. The number of anilines is 1. The second kappa shape index (κ2) is 8.96. The summed E-state index contributed by atoms with van der Waals surface area (Å²) in [5.74, 6) is -0.193. The zero-order valence-electron chi connectivity index (χ0n) is 16.0. The first-order chi connectivity index (χ1) is 14.5. The summed E-state index contributed by atoms with van der Waals surface area (Å²) >= 11 is 13.9. The van der Waals surface area contributed by atoms with Gasteiger partial charge in [0.1, 0.15) is 0 Å². The molecule has 0 saturated heterocycles. The van der Waals surface area contributed by atoms with Crippen molar-refractivity contribution in [1.82, 2.24) is 9.97 Å². The van der Waals surface area contributed by atoms with E-state index in [0.29, 0.717) is 21.7 Å². The number of thiazole rings is 1. The number of benzene rings is 2. The monoisotopic (exact) mass is 453 g/mol. The Balaban J connectivity index is 1.72. The maximum Gasteiger partial charge on any atom is 0.253 e. The average molecular weight is 454 g/mol. The highest BCUT2D eigenvalue weighted by molar-refractivity contribution is 7.22. The normalized spacial score (nSPS) is 11.3. The Kier molecular flexibility index (Phi) is 6.13. The van der Waals surface area contributed by atoms with Crippen LogP contribution in [0.15, 0.2) is 67.0 Å². The third-order valence-electron chi connectivity index (χ3n) is 4.51. The summed E-state index contributed by atoms with van der Waals surface area (Å²) in [6.07, 6.45) is 6.68. The van der Waals surface area contributed by atoms with Crippen molar-refractivity contribution in [2.24, 2.45) is 0 Å². The van der Waals surface area contributed by atoms with Crippen LogP contribution >= 0.6 is 34.5 Å². The zero-order valence-corrected chi connectivity index (χ0v) is 18.4. The molecule has 0 aliphatic rings. The largest absolute Gasteiger partial charge is 0.280 e. The molecular weight excluding hydrogens is 437 g/mol. The van der Waals surface area contributed by atoms with Crippen molar-refractivity contribution in [1.29, 1.82) is 0 Å². The number of carbonyl (C=O) groups is 1. The predicted octanol–water partition coefficient (Wildman–Crippen LogP) is 6.55.